The van der Waals surface area contributed by atoms with Gasteiger partial charge in [0.15, 0.2) is 0 Å². The summed E-state index contributed by atoms with van der Waals surface area (Å²) in [5, 5.41) is 0. The highest BCUT2D eigenvalue weighted by Crippen LogP contribution is 2.25. The molecule has 3 nitrogen and oxygen atoms in total. The van der Waals surface area contributed by atoms with E-state index >= 15 is 0 Å². The van der Waals surface area contributed by atoms with E-state index in [1.165, 1.54) is 13.2 Å². The summed E-state index contributed by atoms with van der Waals surface area (Å²) in [6.45, 7) is 0. The number of halogens is 3. The lowest BCUT2D eigenvalue weighted by atomic mass is 10.3. The Bertz CT molecular complexity index is 355. The lowest BCUT2D eigenvalue weighted by molar-refractivity contribution is -0.138. The average Bonchev–Trinajstić information content (AvgIpc) is 2.02. The van der Waals surface area contributed by atoms with Crippen LogP contribution in [0.25, 0.3) is 0 Å². The fraction of sp³-hybridized carbons (Fsp3) is 0.286. The fourth-order valence-electron chi connectivity index (χ4n) is 0.886. The molecule has 0 fully saturated rings. The van der Waals surface area contributed by atoms with Gasteiger partial charge < -0.3 is 5.43 Å². The van der Waals surface area contributed by atoms with Crippen molar-refractivity contribution < 1.29 is 13.2 Å². The van der Waals surface area contributed by atoms with Crippen LogP contribution in [0.2, 0.25) is 0 Å². The zero-order valence-corrected chi connectivity index (χ0v) is 6.72. The Morgan fingerprint density at radius 1 is 1.46 bits per heavy atom. The van der Waals surface area contributed by atoms with E-state index < -0.39 is 17.3 Å². The molecule has 0 atom stereocenters. The molecule has 1 aromatic heterocycles. The molecule has 0 bridgehead atoms. The summed E-state index contributed by atoms with van der Waals surface area (Å²) in [7, 11) is 1.36. The van der Waals surface area contributed by atoms with Crippen LogP contribution in [0.4, 0.5) is 13.2 Å². The smallest absolute Gasteiger partial charge is 0.326 e. The predicted molar refractivity (Wildman–Crippen MR) is 41.0 cm³/mol. The van der Waals surface area contributed by atoms with Gasteiger partial charge in [0.1, 0.15) is 5.56 Å². The molecule has 0 spiro atoms. The molecule has 0 aliphatic heterocycles. The number of hydrogen-bond acceptors (Lipinski definition) is 2. The molecule has 0 aromatic carbocycles. The Hall–Kier alpha value is -1.46. The molecule has 0 aliphatic rings. The van der Waals surface area contributed by atoms with Gasteiger partial charge in [0.05, 0.1) is 0 Å². The number of nitrogens with zero attached hydrogens (tertiary/aromatic N) is 1. The number of aromatic nitrogens is 1. The van der Waals surface area contributed by atoms with Crippen molar-refractivity contribution in [3.63, 3.8) is 0 Å². The van der Waals surface area contributed by atoms with E-state index in [9.17, 15) is 18.0 Å². The summed E-state index contributed by atoms with van der Waals surface area (Å²) >= 11 is 0. The second-order valence-electron chi connectivity index (χ2n) is 2.32. The zero-order chi connectivity index (χ0) is 10.1. The highest BCUT2D eigenvalue weighted by molar-refractivity contribution is 5.14. The highest BCUT2D eigenvalue weighted by atomic mass is 19.4. The molecule has 72 valence electrons. The van der Waals surface area contributed by atoms with E-state index in [2.05, 4.69) is 5.43 Å². The van der Waals surface area contributed by atoms with E-state index in [1.54, 1.807) is 0 Å². The van der Waals surface area contributed by atoms with E-state index in [1.807, 2.05) is 0 Å². The van der Waals surface area contributed by atoms with Crippen LogP contribution in [0.5, 0.6) is 0 Å². The van der Waals surface area contributed by atoms with Gasteiger partial charge in [-0.2, -0.15) is 13.2 Å². The average molecular weight is 192 g/mol. The van der Waals surface area contributed by atoms with Crippen LogP contribution in [0.15, 0.2) is 23.1 Å². The first-order valence-corrected chi connectivity index (χ1v) is 3.43. The minimum Gasteiger partial charge on any atom is -0.326 e. The molecule has 1 heterocycles. The first-order chi connectivity index (χ1) is 5.96. The van der Waals surface area contributed by atoms with Gasteiger partial charge in [0.2, 0.25) is 0 Å². The maximum atomic E-state index is 12.1. The lowest BCUT2D eigenvalue weighted by Crippen LogP contribution is -2.31. The lowest BCUT2D eigenvalue weighted by Gasteiger charge is -2.08. The second-order valence-corrected chi connectivity index (χ2v) is 2.32. The zero-order valence-electron chi connectivity index (χ0n) is 6.72. The summed E-state index contributed by atoms with van der Waals surface area (Å²) in [6, 6.07) is 1.90. The van der Waals surface area contributed by atoms with Crippen molar-refractivity contribution in [2.75, 3.05) is 12.5 Å². The highest BCUT2D eigenvalue weighted by Gasteiger charge is 2.34. The molecule has 0 saturated carbocycles. The maximum absolute atomic E-state index is 12.1. The molecule has 0 radical (unpaired) electrons. The van der Waals surface area contributed by atoms with Gasteiger partial charge in [-0.05, 0) is 12.1 Å². The molecule has 1 rings (SSSR count). The number of hydrogen-bond donors (Lipinski definition) is 1. The van der Waals surface area contributed by atoms with Crippen LogP contribution in [-0.4, -0.2) is 11.7 Å². The molecular weight excluding hydrogens is 185 g/mol. The van der Waals surface area contributed by atoms with Gasteiger partial charge in [-0.3, -0.25) is 4.79 Å². The van der Waals surface area contributed by atoms with Crippen molar-refractivity contribution in [3.8, 4) is 0 Å². The fourth-order valence-corrected chi connectivity index (χ4v) is 0.886. The van der Waals surface area contributed by atoms with Crippen LogP contribution in [0.1, 0.15) is 5.56 Å². The van der Waals surface area contributed by atoms with Crippen LogP contribution in [0, 0.1) is 0 Å². The minimum absolute atomic E-state index is 0.746. The standard InChI is InChI=1S/C7H7F3N2O/c1-11-12-4-2-3-5(6(12)13)7(8,9)10/h2-4,11H,1H3. The van der Waals surface area contributed by atoms with Gasteiger partial charge in [-0.25, -0.2) is 4.68 Å². The van der Waals surface area contributed by atoms with Crippen LogP contribution in [0.3, 0.4) is 0 Å². The van der Waals surface area contributed by atoms with Crippen LogP contribution in [-0.2, 0) is 6.18 Å². The Morgan fingerprint density at radius 3 is 2.54 bits per heavy atom. The third-order valence-corrected chi connectivity index (χ3v) is 1.49. The van der Waals surface area contributed by atoms with Crippen molar-refractivity contribution in [3.05, 3.63) is 34.2 Å². The van der Waals surface area contributed by atoms with Crippen molar-refractivity contribution >= 4 is 0 Å². The van der Waals surface area contributed by atoms with Crippen molar-refractivity contribution in [1.82, 2.24) is 4.68 Å². The molecule has 13 heavy (non-hydrogen) atoms. The van der Waals surface area contributed by atoms with Gasteiger partial charge in [-0.1, -0.05) is 0 Å². The van der Waals surface area contributed by atoms with E-state index in [-0.39, 0.29) is 0 Å². The number of nitrogens with one attached hydrogen (secondary N) is 1. The summed E-state index contributed by atoms with van der Waals surface area (Å²) in [5.74, 6) is 0. The van der Waals surface area contributed by atoms with Crippen molar-refractivity contribution in [2.45, 2.75) is 6.18 Å². The molecule has 0 aliphatic carbocycles. The van der Waals surface area contributed by atoms with Gasteiger partial charge in [0, 0.05) is 13.2 Å². The van der Waals surface area contributed by atoms with E-state index in [0.717, 1.165) is 16.8 Å². The Morgan fingerprint density at radius 2 is 2.08 bits per heavy atom. The Balaban J connectivity index is 3.33. The normalized spacial score (nSPS) is 11.4. The summed E-state index contributed by atoms with van der Waals surface area (Å²) in [6.07, 6.45) is -3.38. The largest absolute Gasteiger partial charge is 0.421 e. The monoisotopic (exact) mass is 192 g/mol. The molecule has 1 aromatic rings. The van der Waals surface area contributed by atoms with E-state index in [4.69, 9.17) is 0 Å². The van der Waals surface area contributed by atoms with E-state index in [0.29, 0.717) is 0 Å². The van der Waals surface area contributed by atoms with Gasteiger partial charge in [0.25, 0.3) is 5.56 Å². The van der Waals surface area contributed by atoms with Crippen LogP contribution < -0.4 is 11.0 Å². The predicted octanol–water partition coefficient (Wildman–Crippen LogP) is 1.04. The summed E-state index contributed by atoms with van der Waals surface area (Å²) in [5.41, 5.74) is 0.0358. The molecule has 1 N–H and O–H groups in total. The third-order valence-electron chi connectivity index (χ3n) is 1.49. The number of pyridine rings is 1. The Kier molecular flexibility index (Phi) is 2.31. The first-order valence-electron chi connectivity index (χ1n) is 3.43. The summed E-state index contributed by atoms with van der Waals surface area (Å²) in [4.78, 5) is 11.0. The topological polar surface area (TPSA) is 34.0 Å². The van der Waals surface area contributed by atoms with Gasteiger partial charge in [-0.15, -0.1) is 0 Å². The number of rotatable bonds is 1. The third kappa shape index (κ3) is 1.82. The van der Waals surface area contributed by atoms with Crippen molar-refractivity contribution in [1.29, 1.82) is 0 Å². The van der Waals surface area contributed by atoms with Crippen molar-refractivity contribution in [2.24, 2.45) is 0 Å². The maximum Gasteiger partial charge on any atom is 0.421 e. The Labute approximate surface area is 71.8 Å². The molecule has 0 saturated heterocycles. The summed E-state index contributed by atoms with van der Waals surface area (Å²) < 4.78 is 37.1. The second kappa shape index (κ2) is 3.12. The minimum atomic E-state index is -4.60. The van der Waals surface area contributed by atoms with Crippen LogP contribution >= 0.6 is 0 Å². The number of alkyl halides is 3. The molecule has 0 amide bonds. The first kappa shape index (κ1) is 9.63. The molecular formula is C7H7F3N2O. The molecule has 6 heteroatoms. The quantitative estimate of drug-likeness (QED) is 0.721. The van der Waals surface area contributed by atoms with Gasteiger partial charge >= 0.3 is 6.18 Å². The SMILES string of the molecule is CNn1cccc(C(F)(F)F)c1=O. The molecule has 0 unspecified atom stereocenters.